The van der Waals surface area contributed by atoms with Crippen LogP contribution in [-0.4, -0.2) is 22.0 Å². The molecule has 22 heavy (non-hydrogen) atoms. The molecule has 1 unspecified atom stereocenters. The minimum atomic E-state index is -0.623. The molecule has 0 saturated carbocycles. The second-order valence-corrected chi connectivity index (χ2v) is 6.11. The van der Waals surface area contributed by atoms with Crippen LogP contribution in [0.1, 0.15) is 33.3 Å². The van der Waals surface area contributed by atoms with Crippen LogP contribution in [-0.2, 0) is 10.2 Å². The SMILES string of the molecule is CC(Oc1ccc(C(C)(C)C)cc1)C(=O)Nc1cnccn1. The van der Waals surface area contributed by atoms with Gasteiger partial charge in [0.05, 0.1) is 6.20 Å². The molecule has 116 valence electrons. The van der Waals surface area contributed by atoms with Crippen molar-refractivity contribution < 1.29 is 9.53 Å². The van der Waals surface area contributed by atoms with Crippen LogP contribution < -0.4 is 10.1 Å². The molecule has 0 bridgehead atoms. The van der Waals surface area contributed by atoms with Crippen molar-refractivity contribution in [2.75, 3.05) is 5.32 Å². The zero-order chi connectivity index (χ0) is 16.2. The van der Waals surface area contributed by atoms with Crippen molar-refractivity contribution in [3.05, 3.63) is 48.4 Å². The van der Waals surface area contributed by atoms with Crippen molar-refractivity contribution in [1.29, 1.82) is 0 Å². The Bertz CT molecular complexity index is 619. The molecule has 2 aromatic rings. The van der Waals surface area contributed by atoms with Gasteiger partial charge >= 0.3 is 0 Å². The van der Waals surface area contributed by atoms with E-state index >= 15 is 0 Å². The first-order chi connectivity index (χ1) is 10.4. The fraction of sp³-hybridized carbons (Fsp3) is 0.353. The summed E-state index contributed by atoms with van der Waals surface area (Å²) in [7, 11) is 0. The number of ether oxygens (including phenoxy) is 1. The molecule has 2 rings (SSSR count). The second kappa shape index (κ2) is 6.56. The lowest BCUT2D eigenvalue weighted by atomic mass is 9.87. The van der Waals surface area contributed by atoms with Gasteiger partial charge in [-0.1, -0.05) is 32.9 Å². The molecule has 1 N–H and O–H groups in total. The predicted molar refractivity (Wildman–Crippen MR) is 85.9 cm³/mol. The van der Waals surface area contributed by atoms with Crippen LogP contribution in [0.15, 0.2) is 42.9 Å². The van der Waals surface area contributed by atoms with Crippen LogP contribution in [0.2, 0.25) is 0 Å². The van der Waals surface area contributed by atoms with E-state index in [1.54, 1.807) is 13.1 Å². The molecule has 5 heteroatoms. The van der Waals surface area contributed by atoms with Crippen LogP contribution in [0.3, 0.4) is 0 Å². The third kappa shape index (κ3) is 4.28. The first-order valence-corrected chi connectivity index (χ1v) is 7.20. The molecule has 0 spiro atoms. The van der Waals surface area contributed by atoms with Gasteiger partial charge < -0.3 is 10.1 Å². The van der Waals surface area contributed by atoms with Gasteiger partial charge in [-0.25, -0.2) is 4.98 Å². The van der Waals surface area contributed by atoms with Crippen LogP contribution >= 0.6 is 0 Å². The summed E-state index contributed by atoms with van der Waals surface area (Å²) in [5, 5.41) is 2.66. The van der Waals surface area contributed by atoms with Crippen molar-refractivity contribution in [3.8, 4) is 5.75 Å². The topological polar surface area (TPSA) is 64.1 Å². The van der Waals surface area contributed by atoms with E-state index in [4.69, 9.17) is 4.74 Å². The summed E-state index contributed by atoms with van der Waals surface area (Å²) in [5.41, 5.74) is 1.31. The third-order valence-corrected chi connectivity index (χ3v) is 3.22. The fourth-order valence-corrected chi connectivity index (χ4v) is 1.88. The van der Waals surface area contributed by atoms with Crippen molar-refractivity contribution in [3.63, 3.8) is 0 Å². The number of carbonyl (C=O) groups excluding carboxylic acids is 1. The van der Waals surface area contributed by atoms with Gasteiger partial charge in [0.1, 0.15) is 5.75 Å². The molecule has 0 aliphatic heterocycles. The molecular weight excluding hydrogens is 278 g/mol. The van der Waals surface area contributed by atoms with Gasteiger partial charge in [0.25, 0.3) is 5.91 Å². The van der Waals surface area contributed by atoms with E-state index in [1.165, 1.54) is 18.0 Å². The van der Waals surface area contributed by atoms with Crippen LogP contribution in [0, 0.1) is 0 Å². The Kier molecular flexibility index (Phi) is 4.75. The van der Waals surface area contributed by atoms with Gasteiger partial charge in [0.15, 0.2) is 11.9 Å². The van der Waals surface area contributed by atoms with E-state index in [-0.39, 0.29) is 11.3 Å². The van der Waals surface area contributed by atoms with Crippen molar-refractivity contribution >= 4 is 11.7 Å². The summed E-state index contributed by atoms with van der Waals surface area (Å²) in [5.74, 6) is 0.807. The molecule has 1 aromatic carbocycles. The fourth-order valence-electron chi connectivity index (χ4n) is 1.88. The molecular formula is C17H21N3O2. The number of nitrogens with one attached hydrogen (secondary N) is 1. The maximum absolute atomic E-state index is 12.0. The smallest absolute Gasteiger partial charge is 0.266 e. The monoisotopic (exact) mass is 299 g/mol. The summed E-state index contributed by atoms with van der Waals surface area (Å²) in [6.07, 6.45) is 3.93. The van der Waals surface area contributed by atoms with Gasteiger partial charge in [-0.05, 0) is 30.0 Å². The molecule has 1 aromatic heterocycles. The number of anilines is 1. The predicted octanol–water partition coefficient (Wildman–Crippen LogP) is 3.18. The number of carbonyl (C=O) groups is 1. The Morgan fingerprint density at radius 1 is 1.18 bits per heavy atom. The lowest BCUT2D eigenvalue weighted by Crippen LogP contribution is -2.30. The van der Waals surface area contributed by atoms with E-state index < -0.39 is 6.10 Å². The Morgan fingerprint density at radius 3 is 2.41 bits per heavy atom. The third-order valence-electron chi connectivity index (χ3n) is 3.22. The van der Waals surface area contributed by atoms with Gasteiger partial charge in [0, 0.05) is 12.4 Å². The normalized spacial score (nSPS) is 12.5. The maximum atomic E-state index is 12.0. The highest BCUT2D eigenvalue weighted by Gasteiger charge is 2.17. The molecule has 1 amide bonds. The molecule has 0 fully saturated rings. The molecule has 0 aliphatic carbocycles. The highest BCUT2D eigenvalue weighted by molar-refractivity contribution is 5.93. The lowest BCUT2D eigenvalue weighted by molar-refractivity contribution is -0.122. The lowest BCUT2D eigenvalue weighted by Gasteiger charge is -2.20. The van der Waals surface area contributed by atoms with Crippen molar-refractivity contribution in [2.24, 2.45) is 0 Å². The number of amides is 1. The Morgan fingerprint density at radius 2 is 1.86 bits per heavy atom. The minimum absolute atomic E-state index is 0.0908. The molecule has 1 atom stereocenters. The zero-order valence-electron chi connectivity index (χ0n) is 13.3. The number of hydrogen-bond acceptors (Lipinski definition) is 4. The van der Waals surface area contributed by atoms with E-state index in [9.17, 15) is 4.79 Å². The summed E-state index contributed by atoms with van der Waals surface area (Å²) >= 11 is 0. The van der Waals surface area contributed by atoms with E-state index in [2.05, 4.69) is 36.1 Å². The number of rotatable bonds is 4. The van der Waals surface area contributed by atoms with Crippen LogP contribution in [0.5, 0.6) is 5.75 Å². The number of hydrogen-bond donors (Lipinski definition) is 1. The first-order valence-electron chi connectivity index (χ1n) is 7.20. The molecule has 1 heterocycles. The Hall–Kier alpha value is -2.43. The number of benzene rings is 1. The average Bonchev–Trinajstić information content (AvgIpc) is 2.48. The summed E-state index contributed by atoms with van der Waals surface area (Å²) < 4.78 is 5.66. The van der Waals surface area contributed by atoms with Crippen LogP contribution in [0.25, 0.3) is 0 Å². The number of nitrogens with zero attached hydrogens (tertiary/aromatic N) is 2. The first kappa shape index (κ1) is 15.9. The molecule has 0 aliphatic rings. The molecule has 5 nitrogen and oxygen atoms in total. The van der Waals surface area contributed by atoms with Gasteiger partial charge in [-0.15, -0.1) is 0 Å². The maximum Gasteiger partial charge on any atom is 0.266 e. The highest BCUT2D eigenvalue weighted by Crippen LogP contribution is 2.24. The van der Waals surface area contributed by atoms with Crippen LogP contribution in [0.4, 0.5) is 5.82 Å². The average molecular weight is 299 g/mol. The van der Waals surface area contributed by atoms with Crippen molar-refractivity contribution in [2.45, 2.75) is 39.2 Å². The van der Waals surface area contributed by atoms with Gasteiger partial charge in [0.2, 0.25) is 0 Å². The van der Waals surface area contributed by atoms with Crippen molar-refractivity contribution in [1.82, 2.24) is 9.97 Å². The molecule has 0 radical (unpaired) electrons. The quantitative estimate of drug-likeness (QED) is 0.941. The standard InChI is InChI=1S/C17H21N3O2/c1-12(16(21)20-15-11-18-9-10-19-15)22-14-7-5-13(6-8-14)17(2,3)4/h5-12H,1-4H3,(H,19,20,21). The van der Waals surface area contributed by atoms with Gasteiger partial charge in [-0.3, -0.25) is 9.78 Å². The molecule has 0 saturated heterocycles. The summed E-state index contributed by atoms with van der Waals surface area (Å²) in [6, 6.07) is 7.80. The minimum Gasteiger partial charge on any atom is -0.481 e. The highest BCUT2D eigenvalue weighted by atomic mass is 16.5. The second-order valence-electron chi connectivity index (χ2n) is 6.11. The van der Waals surface area contributed by atoms with Gasteiger partial charge in [-0.2, -0.15) is 0 Å². The largest absolute Gasteiger partial charge is 0.481 e. The van der Waals surface area contributed by atoms with E-state index in [0.717, 1.165) is 0 Å². The van der Waals surface area contributed by atoms with E-state index in [1.807, 2.05) is 24.3 Å². The summed E-state index contributed by atoms with van der Waals surface area (Å²) in [6.45, 7) is 8.16. The number of aromatic nitrogens is 2. The summed E-state index contributed by atoms with van der Waals surface area (Å²) in [4.78, 5) is 19.9. The Balaban J connectivity index is 1.96. The Labute approximate surface area is 130 Å². The zero-order valence-corrected chi connectivity index (χ0v) is 13.3. The van der Waals surface area contributed by atoms with E-state index in [0.29, 0.717) is 11.6 Å².